The second kappa shape index (κ2) is 10.0. The highest BCUT2D eigenvalue weighted by Crippen LogP contribution is 2.56. The van der Waals surface area contributed by atoms with Gasteiger partial charge in [-0.25, -0.2) is 4.79 Å². The average Bonchev–Trinajstić information content (AvgIpc) is 3.66. The van der Waals surface area contributed by atoms with Crippen molar-refractivity contribution in [2.24, 2.45) is 20.0 Å². The SMILES string of the molecule is COc1cc(OC)c2c(c1Cl)OC1(C(=O)C3=C(CC1C)Nc1c(c(=O)n(C)c(=O)n1C)C3c1cc3cc4c(cc3[nH]c1=O)OCO4)C2=O. The van der Waals surface area contributed by atoms with Crippen molar-refractivity contribution in [3.8, 4) is 28.7 Å². The Morgan fingerprint density at radius 3 is 2.35 bits per heavy atom. The minimum absolute atomic E-state index is 0.0105. The number of H-pyrrole nitrogens is 1. The van der Waals surface area contributed by atoms with Crippen molar-refractivity contribution < 1.29 is 33.3 Å². The number of ketones is 2. The number of carbonyl (C=O) groups is 2. The summed E-state index contributed by atoms with van der Waals surface area (Å²) in [6.07, 6.45) is 0.0708. The molecule has 3 aliphatic heterocycles. The van der Waals surface area contributed by atoms with Crippen LogP contribution in [0.25, 0.3) is 10.9 Å². The first kappa shape index (κ1) is 29.9. The molecule has 15 heteroatoms. The van der Waals surface area contributed by atoms with Crippen molar-refractivity contribution >= 4 is 39.9 Å². The van der Waals surface area contributed by atoms with E-state index >= 15 is 4.79 Å². The topological polar surface area (TPSA) is 169 Å². The van der Waals surface area contributed by atoms with Gasteiger partial charge >= 0.3 is 5.69 Å². The normalized spacial score (nSPS) is 22.0. The van der Waals surface area contributed by atoms with E-state index in [1.807, 2.05) is 0 Å². The van der Waals surface area contributed by atoms with Crippen LogP contribution in [0.2, 0.25) is 5.02 Å². The quantitative estimate of drug-likeness (QED) is 0.307. The molecule has 0 saturated heterocycles. The second-order valence-electron chi connectivity index (χ2n) is 12.2. The number of aromatic amines is 1. The highest BCUT2D eigenvalue weighted by molar-refractivity contribution is 6.36. The standard InChI is InChI=1S/C33H27ClN4O10/c1-12-6-16-22(27(39)33(12)28(40)23-19(44-4)10-20(45-5)25(34)26(23)48-33)21(24-29(35-16)37(2)32(43)38(3)31(24)42)14-7-13-8-17-18(47-11-46-17)9-15(13)36-30(14)41/h7-10,12,21,35H,6,11H2,1-5H3,(H,36,41). The number of carbonyl (C=O) groups excluding carboxylic acids is 2. The van der Waals surface area contributed by atoms with Crippen LogP contribution in [0.3, 0.4) is 0 Å². The van der Waals surface area contributed by atoms with E-state index in [2.05, 4.69) is 10.3 Å². The minimum Gasteiger partial charge on any atom is -0.496 e. The summed E-state index contributed by atoms with van der Waals surface area (Å²) in [5.41, 5.74) is -3.32. The number of nitrogens with zero attached hydrogens (tertiary/aromatic N) is 2. The monoisotopic (exact) mass is 674 g/mol. The third-order valence-electron chi connectivity index (χ3n) is 9.75. The smallest absolute Gasteiger partial charge is 0.332 e. The molecule has 1 aliphatic carbocycles. The number of allylic oxidation sites excluding steroid dienone is 1. The summed E-state index contributed by atoms with van der Waals surface area (Å²) in [6.45, 7) is 1.69. The summed E-state index contributed by atoms with van der Waals surface area (Å²) in [7, 11) is 5.55. The lowest BCUT2D eigenvalue weighted by molar-refractivity contribution is -0.130. The summed E-state index contributed by atoms with van der Waals surface area (Å²) in [5, 5.41) is 3.66. The highest BCUT2D eigenvalue weighted by atomic mass is 35.5. The van der Waals surface area contributed by atoms with Crippen LogP contribution in [-0.4, -0.2) is 52.3 Å². The van der Waals surface area contributed by atoms with Crippen LogP contribution in [0, 0.1) is 5.92 Å². The second-order valence-corrected chi connectivity index (χ2v) is 12.5. The Hall–Kier alpha value is -5.50. The number of rotatable bonds is 3. The summed E-state index contributed by atoms with van der Waals surface area (Å²) in [6, 6.07) is 6.32. The molecule has 4 aromatic rings. The lowest BCUT2D eigenvalue weighted by Crippen LogP contribution is -2.58. The molecule has 8 rings (SSSR count). The molecule has 4 aliphatic rings. The van der Waals surface area contributed by atoms with E-state index in [1.54, 1.807) is 25.1 Å². The van der Waals surface area contributed by atoms with Gasteiger partial charge in [0.2, 0.25) is 24.0 Å². The molecule has 246 valence electrons. The lowest BCUT2D eigenvalue weighted by Gasteiger charge is -2.42. The van der Waals surface area contributed by atoms with Crippen LogP contribution in [-0.2, 0) is 18.9 Å². The van der Waals surface area contributed by atoms with Gasteiger partial charge < -0.3 is 34.0 Å². The Balaban J connectivity index is 1.40. The first-order valence-electron chi connectivity index (χ1n) is 14.9. The molecule has 48 heavy (non-hydrogen) atoms. The van der Waals surface area contributed by atoms with Gasteiger partial charge in [-0.2, -0.15) is 0 Å². The molecular weight excluding hydrogens is 648 g/mol. The molecule has 3 atom stereocenters. The van der Waals surface area contributed by atoms with E-state index < -0.39 is 45.8 Å². The molecule has 2 N–H and O–H groups in total. The Morgan fingerprint density at radius 2 is 1.65 bits per heavy atom. The predicted octanol–water partition coefficient (Wildman–Crippen LogP) is 2.76. The van der Waals surface area contributed by atoms with Gasteiger partial charge in [-0.05, 0) is 18.6 Å². The molecule has 0 fully saturated rings. The highest BCUT2D eigenvalue weighted by Gasteiger charge is 2.64. The number of hydrogen-bond donors (Lipinski definition) is 2. The van der Waals surface area contributed by atoms with Gasteiger partial charge in [-0.1, -0.05) is 18.5 Å². The number of methoxy groups -OCH3 is 2. The number of hydrogen-bond acceptors (Lipinski definition) is 11. The van der Waals surface area contributed by atoms with Crippen LogP contribution < -0.4 is 45.8 Å². The van der Waals surface area contributed by atoms with Crippen LogP contribution in [0.1, 0.15) is 40.7 Å². The van der Waals surface area contributed by atoms with Gasteiger partial charge in [-0.3, -0.25) is 28.3 Å². The fourth-order valence-electron chi connectivity index (χ4n) is 7.33. The summed E-state index contributed by atoms with van der Waals surface area (Å²) in [5.74, 6) is -2.29. The molecule has 1 spiro atoms. The zero-order valence-electron chi connectivity index (χ0n) is 26.2. The van der Waals surface area contributed by atoms with E-state index in [4.69, 9.17) is 35.3 Å². The van der Waals surface area contributed by atoms with E-state index in [0.29, 0.717) is 28.1 Å². The Bertz CT molecular complexity index is 2410. The van der Waals surface area contributed by atoms with Gasteiger partial charge in [0.05, 0.1) is 31.2 Å². The number of halogens is 1. The fraction of sp³-hybridized carbons (Fsp3) is 0.303. The first-order valence-corrected chi connectivity index (χ1v) is 15.3. The van der Waals surface area contributed by atoms with Crippen molar-refractivity contribution in [3.05, 3.63) is 88.4 Å². The van der Waals surface area contributed by atoms with E-state index in [9.17, 15) is 19.2 Å². The summed E-state index contributed by atoms with van der Waals surface area (Å²) in [4.78, 5) is 73.5. The van der Waals surface area contributed by atoms with Crippen molar-refractivity contribution in [1.82, 2.24) is 14.1 Å². The largest absolute Gasteiger partial charge is 0.496 e. The van der Waals surface area contributed by atoms with E-state index in [-0.39, 0.29) is 63.6 Å². The number of nitrogens with one attached hydrogen (secondary N) is 2. The molecule has 2 aromatic carbocycles. The number of aromatic nitrogens is 3. The van der Waals surface area contributed by atoms with Crippen molar-refractivity contribution in [2.45, 2.75) is 24.9 Å². The van der Waals surface area contributed by atoms with E-state index in [0.717, 1.165) is 4.57 Å². The van der Waals surface area contributed by atoms with Gasteiger partial charge in [0.25, 0.3) is 11.1 Å². The molecule has 0 radical (unpaired) electrons. The molecule has 2 aromatic heterocycles. The molecule has 0 saturated carbocycles. The Morgan fingerprint density at radius 1 is 0.938 bits per heavy atom. The lowest BCUT2D eigenvalue weighted by atomic mass is 9.66. The van der Waals surface area contributed by atoms with Crippen molar-refractivity contribution in [3.63, 3.8) is 0 Å². The third kappa shape index (κ3) is 3.65. The van der Waals surface area contributed by atoms with Gasteiger partial charge in [-0.15, -0.1) is 0 Å². The maximum atomic E-state index is 15.1. The zero-order valence-corrected chi connectivity index (χ0v) is 27.0. The van der Waals surface area contributed by atoms with Crippen LogP contribution in [0.5, 0.6) is 28.7 Å². The van der Waals surface area contributed by atoms with E-state index in [1.165, 1.54) is 38.9 Å². The predicted molar refractivity (Wildman–Crippen MR) is 171 cm³/mol. The number of pyridine rings is 1. The third-order valence-corrected chi connectivity index (χ3v) is 10.1. The van der Waals surface area contributed by atoms with Gasteiger partial charge in [0.15, 0.2) is 17.2 Å². The molecular formula is C33H27ClN4O10. The average molecular weight is 675 g/mol. The van der Waals surface area contributed by atoms with Crippen molar-refractivity contribution in [1.29, 1.82) is 0 Å². The van der Waals surface area contributed by atoms with Crippen LogP contribution >= 0.6 is 11.6 Å². The molecule has 5 heterocycles. The Kier molecular flexibility index (Phi) is 6.22. The number of anilines is 1. The number of fused-ring (bicyclic) bond motifs is 4. The van der Waals surface area contributed by atoms with Crippen LogP contribution in [0.15, 0.2) is 49.9 Å². The molecule has 14 nitrogen and oxygen atoms in total. The summed E-state index contributed by atoms with van der Waals surface area (Å²) < 4.78 is 30.4. The number of ether oxygens (including phenoxy) is 5. The van der Waals surface area contributed by atoms with Crippen molar-refractivity contribution in [2.75, 3.05) is 26.3 Å². The van der Waals surface area contributed by atoms with Gasteiger partial charge in [0, 0.05) is 54.4 Å². The summed E-state index contributed by atoms with van der Waals surface area (Å²) >= 11 is 6.63. The number of Topliss-reactive ketones (excluding diaryl/α,β-unsaturated/α-hetero) is 2. The first-order chi connectivity index (χ1) is 22.9. The van der Waals surface area contributed by atoms with Gasteiger partial charge in [0.1, 0.15) is 27.9 Å². The molecule has 3 unspecified atom stereocenters. The minimum atomic E-state index is -2.12. The Labute approximate surface area is 275 Å². The zero-order chi connectivity index (χ0) is 34.0. The maximum Gasteiger partial charge on any atom is 0.332 e. The van der Waals surface area contributed by atoms with Crippen LogP contribution in [0.4, 0.5) is 5.82 Å². The fourth-order valence-corrected chi connectivity index (χ4v) is 7.59. The molecule has 0 amide bonds. The molecule has 0 bridgehead atoms. The maximum absolute atomic E-state index is 15.1. The number of benzene rings is 2.